The largest absolute Gasteiger partial charge is 0.378 e. The summed E-state index contributed by atoms with van der Waals surface area (Å²) in [5.41, 5.74) is 2.60. The first-order chi connectivity index (χ1) is 13.4. The number of morpholine rings is 1. The maximum Gasteiger partial charge on any atom is 0.227 e. The van der Waals surface area contributed by atoms with E-state index in [1.54, 1.807) is 6.33 Å². The summed E-state index contributed by atoms with van der Waals surface area (Å²) < 4.78 is 5.44. The SMILES string of the molecule is c1cc(N2CCOCC2)nc(N2CCN(c3ncnc4c3CCC4)CC2)n1. The molecule has 2 fully saturated rings. The molecule has 27 heavy (non-hydrogen) atoms. The summed E-state index contributed by atoms with van der Waals surface area (Å²) in [6.45, 7) is 7.01. The summed E-state index contributed by atoms with van der Waals surface area (Å²) in [6, 6.07) is 2.00. The van der Waals surface area contributed by atoms with Crippen LogP contribution in [0, 0.1) is 0 Å². The first-order valence-corrected chi connectivity index (χ1v) is 9.87. The van der Waals surface area contributed by atoms with Crippen LogP contribution in [0.1, 0.15) is 17.7 Å². The average Bonchev–Trinajstić information content (AvgIpc) is 3.24. The van der Waals surface area contributed by atoms with Crippen molar-refractivity contribution in [3.63, 3.8) is 0 Å². The molecule has 5 rings (SSSR count). The van der Waals surface area contributed by atoms with Gasteiger partial charge in [-0.1, -0.05) is 0 Å². The zero-order valence-corrected chi connectivity index (χ0v) is 15.5. The summed E-state index contributed by atoms with van der Waals surface area (Å²) >= 11 is 0. The minimum Gasteiger partial charge on any atom is -0.378 e. The van der Waals surface area contributed by atoms with E-state index >= 15 is 0 Å². The lowest BCUT2D eigenvalue weighted by molar-refractivity contribution is 0.122. The third kappa shape index (κ3) is 3.29. The van der Waals surface area contributed by atoms with Crippen molar-refractivity contribution >= 4 is 17.6 Å². The van der Waals surface area contributed by atoms with Gasteiger partial charge >= 0.3 is 0 Å². The molecule has 3 aliphatic rings. The van der Waals surface area contributed by atoms with Gasteiger partial charge in [-0.2, -0.15) is 4.98 Å². The number of hydrogen-bond acceptors (Lipinski definition) is 8. The molecule has 2 aliphatic heterocycles. The van der Waals surface area contributed by atoms with E-state index in [2.05, 4.69) is 29.7 Å². The van der Waals surface area contributed by atoms with E-state index in [1.165, 1.54) is 17.7 Å². The van der Waals surface area contributed by atoms with Crippen LogP contribution in [0.25, 0.3) is 0 Å². The highest BCUT2D eigenvalue weighted by molar-refractivity contribution is 5.52. The Hall–Kier alpha value is -2.48. The summed E-state index contributed by atoms with van der Waals surface area (Å²) in [7, 11) is 0. The highest BCUT2D eigenvalue weighted by Gasteiger charge is 2.25. The Morgan fingerprint density at radius 3 is 2.48 bits per heavy atom. The maximum absolute atomic E-state index is 5.44. The van der Waals surface area contributed by atoms with Crippen molar-refractivity contribution in [1.29, 1.82) is 0 Å². The van der Waals surface area contributed by atoms with Gasteiger partial charge in [-0.3, -0.25) is 0 Å². The van der Waals surface area contributed by atoms with E-state index in [-0.39, 0.29) is 0 Å². The van der Waals surface area contributed by atoms with Crippen LogP contribution < -0.4 is 14.7 Å². The first-order valence-electron chi connectivity index (χ1n) is 9.87. The van der Waals surface area contributed by atoms with Crippen LogP contribution in [0.2, 0.25) is 0 Å². The highest BCUT2D eigenvalue weighted by Crippen LogP contribution is 2.28. The van der Waals surface area contributed by atoms with Crippen molar-refractivity contribution in [2.24, 2.45) is 0 Å². The molecule has 142 valence electrons. The molecule has 1 aliphatic carbocycles. The standard InChI is InChI=1S/C19H25N7O/c1-2-15-16(3-1)21-14-22-18(15)25-6-8-26(9-7-25)19-20-5-4-17(23-19)24-10-12-27-13-11-24/h4-5,14H,1-3,6-13H2. The van der Waals surface area contributed by atoms with Gasteiger partial charge in [0, 0.05) is 56.7 Å². The molecule has 0 saturated carbocycles. The summed E-state index contributed by atoms with van der Waals surface area (Å²) in [6.07, 6.45) is 6.99. The first kappa shape index (κ1) is 16.7. The molecule has 8 heteroatoms. The molecule has 0 N–H and O–H groups in total. The molecule has 2 aromatic rings. The average molecular weight is 367 g/mol. The number of aryl methyl sites for hydroxylation is 1. The molecule has 8 nitrogen and oxygen atoms in total. The monoisotopic (exact) mass is 367 g/mol. The zero-order valence-electron chi connectivity index (χ0n) is 15.5. The van der Waals surface area contributed by atoms with E-state index in [0.717, 1.165) is 82.9 Å². The Kier molecular flexibility index (Phi) is 4.49. The lowest BCUT2D eigenvalue weighted by Gasteiger charge is -2.36. The number of piperazine rings is 1. The minimum absolute atomic E-state index is 0.765. The normalized spacial score (nSPS) is 20.1. The molecule has 0 bridgehead atoms. The quantitative estimate of drug-likeness (QED) is 0.793. The Labute approximate surface area is 159 Å². The number of hydrogen-bond donors (Lipinski definition) is 0. The number of nitrogens with zero attached hydrogens (tertiary/aromatic N) is 7. The predicted octanol–water partition coefficient (Wildman–Crippen LogP) is 0.918. The maximum atomic E-state index is 5.44. The van der Waals surface area contributed by atoms with Crippen molar-refractivity contribution in [1.82, 2.24) is 19.9 Å². The number of anilines is 3. The second-order valence-electron chi connectivity index (χ2n) is 7.26. The van der Waals surface area contributed by atoms with E-state index in [1.807, 2.05) is 12.3 Å². The number of rotatable bonds is 3. The molecule has 2 saturated heterocycles. The Morgan fingerprint density at radius 1 is 0.815 bits per heavy atom. The van der Waals surface area contributed by atoms with Crippen molar-refractivity contribution in [2.75, 3.05) is 67.2 Å². The van der Waals surface area contributed by atoms with Crippen LogP contribution in [0.5, 0.6) is 0 Å². The van der Waals surface area contributed by atoms with Gasteiger partial charge in [0.15, 0.2) is 0 Å². The van der Waals surface area contributed by atoms with E-state index < -0.39 is 0 Å². The van der Waals surface area contributed by atoms with Crippen LogP contribution >= 0.6 is 0 Å². The molecule has 0 atom stereocenters. The molecule has 2 aromatic heterocycles. The van der Waals surface area contributed by atoms with E-state index in [9.17, 15) is 0 Å². The molecule has 0 aromatic carbocycles. The Bertz CT molecular complexity index is 800. The molecule has 0 amide bonds. The Morgan fingerprint density at radius 2 is 1.63 bits per heavy atom. The minimum atomic E-state index is 0.765. The zero-order chi connectivity index (χ0) is 18.1. The van der Waals surface area contributed by atoms with E-state index in [4.69, 9.17) is 9.72 Å². The molecule has 4 heterocycles. The summed E-state index contributed by atoms with van der Waals surface area (Å²) in [5.74, 6) is 2.96. The van der Waals surface area contributed by atoms with Crippen LogP contribution in [0.3, 0.4) is 0 Å². The van der Waals surface area contributed by atoms with E-state index in [0.29, 0.717) is 0 Å². The molecular formula is C19H25N7O. The lowest BCUT2D eigenvalue weighted by Crippen LogP contribution is -2.48. The number of ether oxygens (including phenoxy) is 1. The molecule has 0 radical (unpaired) electrons. The number of fused-ring (bicyclic) bond motifs is 1. The van der Waals surface area contributed by atoms with Gasteiger partial charge in [-0.25, -0.2) is 15.0 Å². The Balaban J connectivity index is 1.28. The van der Waals surface area contributed by atoms with Crippen LogP contribution in [-0.4, -0.2) is 72.4 Å². The van der Waals surface area contributed by atoms with Crippen molar-refractivity contribution in [3.8, 4) is 0 Å². The van der Waals surface area contributed by atoms with Crippen molar-refractivity contribution in [2.45, 2.75) is 19.3 Å². The highest BCUT2D eigenvalue weighted by atomic mass is 16.5. The number of aromatic nitrogens is 4. The summed E-state index contributed by atoms with van der Waals surface area (Å²) in [4.78, 5) is 25.3. The van der Waals surface area contributed by atoms with Gasteiger partial charge in [0.25, 0.3) is 0 Å². The summed E-state index contributed by atoms with van der Waals surface area (Å²) in [5, 5.41) is 0. The van der Waals surface area contributed by atoms with Gasteiger partial charge in [0.2, 0.25) is 5.95 Å². The third-order valence-electron chi connectivity index (χ3n) is 5.68. The van der Waals surface area contributed by atoms with Gasteiger partial charge < -0.3 is 19.4 Å². The molecule has 0 spiro atoms. The predicted molar refractivity (Wildman–Crippen MR) is 104 cm³/mol. The third-order valence-corrected chi connectivity index (χ3v) is 5.68. The molecular weight excluding hydrogens is 342 g/mol. The van der Waals surface area contributed by atoms with Crippen LogP contribution in [0.15, 0.2) is 18.6 Å². The fraction of sp³-hybridized carbons (Fsp3) is 0.579. The fourth-order valence-corrected chi connectivity index (χ4v) is 4.19. The van der Waals surface area contributed by atoms with Gasteiger partial charge in [-0.05, 0) is 25.3 Å². The van der Waals surface area contributed by atoms with Gasteiger partial charge in [0.05, 0.1) is 13.2 Å². The van der Waals surface area contributed by atoms with Crippen molar-refractivity contribution in [3.05, 3.63) is 29.8 Å². The van der Waals surface area contributed by atoms with Crippen LogP contribution in [0.4, 0.5) is 17.6 Å². The topological polar surface area (TPSA) is 70.5 Å². The van der Waals surface area contributed by atoms with Gasteiger partial charge in [0.1, 0.15) is 18.0 Å². The van der Waals surface area contributed by atoms with Crippen molar-refractivity contribution < 1.29 is 4.74 Å². The smallest absolute Gasteiger partial charge is 0.227 e. The van der Waals surface area contributed by atoms with Crippen LogP contribution in [-0.2, 0) is 17.6 Å². The van der Waals surface area contributed by atoms with Gasteiger partial charge in [-0.15, -0.1) is 0 Å². The second-order valence-corrected chi connectivity index (χ2v) is 7.26. The lowest BCUT2D eigenvalue weighted by atomic mass is 10.2. The molecule has 0 unspecified atom stereocenters. The fourth-order valence-electron chi connectivity index (χ4n) is 4.19. The second kappa shape index (κ2) is 7.26.